The van der Waals surface area contributed by atoms with Crippen molar-refractivity contribution >= 4 is 21.7 Å². The quantitative estimate of drug-likeness (QED) is 0.770. The van der Waals surface area contributed by atoms with Crippen LogP contribution in [0.15, 0.2) is 11.1 Å². The number of likely N-dealkylation sites (tertiary alicyclic amines) is 1. The van der Waals surface area contributed by atoms with Crippen molar-refractivity contribution in [3.05, 3.63) is 11.1 Å². The fourth-order valence-corrected chi connectivity index (χ4v) is 3.47. The van der Waals surface area contributed by atoms with Gasteiger partial charge in [-0.1, -0.05) is 29.4 Å². The van der Waals surface area contributed by atoms with Crippen molar-refractivity contribution in [2.75, 3.05) is 13.1 Å². The van der Waals surface area contributed by atoms with E-state index in [1.165, 1.54) is 0 Å². The van der Waals surface area contributed by atoms with Crippen molar-refractivity contribution in [1.82, 2.24) is 4.90 Å². The zero-order valence-electron chi connectivity index (χ0n) is 9.26. The van der Waals surface area contributed by atoms with Crippen molar-refractivity contribution in [3.63, 3.8) is 0 Å². The van der Waals surface area contributed by atoms with E-state index in [0.717, 1.165) is 43.3 Å². The molecular weight excluding hydrogens is 254 g/mol. The molecule has 0 bridgehead atoms. The summed E-state index contributed by atoms with van der Waals surface area (Å²) in [5.74, 6) is 0.452. The van der Waals surface area contributed by atoms with Crippen molar-refractivity contribution in [3.8, 4) is 0 Å². The Morgan fingerprint density at radius 2 is 2.47 bits per heavy atom. The molecule has 1 aliphatic heterocycles. The molecule has 0 aromatic rings. The topological polar surface area (TPSA) is 20.3 Å². The number of halogens is 1. The summed E-state index contributed by atoms with van der Waals surface area (Å²) in [5, 5.41) is 0. The summed E-state index contributed by atoms with van der Waals surface area (Å²) in [6.07, 6.45) is 3.74. The third-order valence-electron chi connectivity index (χ3n) is 3.89. The third kappa shape index (κ3) is 2.18. The van der Waals surface area contributed by atoms with Gasteiger partial charge in [-0.2, -0.15) is 0 Å². The average Bonchev–Trinajstić information content (AvgIpc) is 2.41. The molecule has 1 heterocycles. The molecule has 0 aromatic heterocycles. The second-order valence-corrected chi connectivity index (χ2v) is 6.28. The second kappa shape index (κ2) is 4.02. The molecule has 2 rings (SSSR count). The van der Waals surface area contributed by atoms with Gasteiger partial charge in [0.25, 0.3) is 0 Å². The molecule has 0 radical (unpaired) electrons. The van der Waals surface area contributed by atoms with E-state index in [9.17, 15) is 4.79 Å². The number of carbonyl (C=O) groups is 1. The minimum absolute atomic E-state index is 0.234. The fraction of sp³-hybridized carbons (Fsp3) is 0.750. The molecule has 0 unspecified atom stereocenters. The van der Waals surface area contributed by atoms with Crippen molar-refractivity contribution < 1.29 is 4.79 Å². The number of hydrogen-bond donors (Lipinski definition) is 0. The van der Waals surface area contributed by atoms with Gasteiger partial charge in [0.1, 0.15) is 5.78 Å². The van der Waals surface area contributed by atoms with Crippen molar-refractivity contribution in [2.45, 2.75) is 38.6 Å². The highest BCUT2D eigenvalue weighted by atomic mass is 79.9. The van der Waals surface area contributed by atoms with Crippen LogP contribution in [0.4, 0.5) is 0 Å². The van der Waals surface area contributed by atoms with Gasteiger partial charge < -0.3 is 0 Å². The van der Waals surface area contributed by atoms with Crippen LogP contribution in [0.25, 0.3) is 0 Å². The Morgan fingerprint density at radius 3 is 3.13 bits per heavy atom. The smallest absolute Gasteiger partial charge is 0.133 e. The van der Waals surface area contributed by atoms with Gasteiger partial charge in [-0.3, -0.25) is 9.69 Å². The number of fused-ring (bicyclic) bond motifs is 1. The van der Waals surface area contributed by atoms with E-state index in [-0.39, 0.29) is 5.41 Å². The Labute approximate surface area is 99.8 Å². The minimum Gasteiger partial charge on any atom is -0.300 e. The normalized spacial score (nSPS) is 36.7. The predicted octanol–water partition coefficient (Wildman–Crippen LogP) is 2.73. The molecule has 1 aliphatic carbocycles. The summed E-state index contributed by atoms with van der Waals surface area (Å²) in [6, 6.07) is 0.587. The highest BCUT2D eigenvalue weighted by Crippen LogP contribution is 2.45. The van der Waals surface area contributed by atoms with Gasteiger partial charge in [0, 0.05) is 29.9 Å². The number of rotatable bonds is 2. The fourth-order valence-electron chi connectivity index (χ4n) is 3.15. The maximum Gasteiger partial charge on any atom is 0.133 e. The first-order chi connectivity index (χ1) is 7.01. The first-order valence-corrected chi connectivity index (χ1v) is 6.40. The summed E-state index contributed by atoms with van der Waals surface area (Å²) in [6.45, 7) is 8.21. The molecule has 84 valence electrons. The summed E-state index contributed by atoms with van der Waals surface area (Å²) in [4.78, 5) is 14.0. The van der Waals surface area contributed by atoms with Gasteiger partial charge in [0.15, 0.2) is 0 Å². The lowest BCUT2D eigenvalue weighted by molar-refractivity contribution is -0.124. The van der Waals surface area contributed by atoms with Crippen molar-refractivity contribution in [1.29, 1.82) is 0 Å². The molecule has 0 amide bonds. The lowest BCUT2D eigenvalue weighted by atomic mass is 9.71. The van der Waals surface area contributed by atoms with Crippen LogP contribution in [0.1, 0.15) is 32.6 Å². The molecule has 1 saturated carbocycles. The van der Waals surface area contributed by atoms with Crippen molar-refractivity contribution in [2.24, 2.45) is 5.41 Å². The molecule has 1 saturated heterocycles. The number of nitrogens with zero attached hydrogens (tertiary/aromatic N) is 1. The van der Waals surface area contributed by atoms with Gasteiger partial charge in [-0.05, 0) is 24.8 Å². The lowest BCUT2D eigenvalue weighted by Gasteiger charge is -2.38. The van der Waals surface area contributed by atoms with Gasteiger partial charge in [0.2, 0.25) is 0 Å². The molecule has 2 atom stereocenters. The second-order valence-electron chi connectivity index (χ2n) is 5.16. The Kier molecular flexibility index (Phi) is 3.04. The van der Waals surface area contributed by atoms with E-state index in [1.807, 2.05) is 0 Å². The Morgan fingerprint density at radius 1 is 1.73 bits per heavy atom. The van der Waals surface area contributed by atoms with Crippen LogP contribution < -0.4 is 0 Å². The summed E-state index contributed by atoms with van der Waals surface area (Å²) < 4.78 is 1.05. The summed E-state index contributed by atoms with van der Waals surface area (Å²) in [5.41, 5.74) is 0.234. The third-order valence-corrected chi connectivity index (χ3v) is 4.14. The highest BCUT2D eigenvalue weighted by Gasteiger charge is 2.46. The monoisotopic (exact) mass is 271 g/mol. The van der Waals surface area contributed by atoms with Gasteiger partial charge in [0.05, 0.1) is 0 Å². The molecule has 0 aromatic carbocycles. The van der Waals surface area contributed by atoms with E-state index in [2.05, 4.69) is 34.3 Å². The van der Waals surface area contributed by atoms with Gasteiger partial charge in [-0.25, -0.2) is 0 Å². The Hall–Kier alpha value is -0.150. The van der Waals surface area contributed by atoms with E-state index in [4.69, 9.17) is 0 Å². The zero-order valence-corrected chi connectivity index (χ0v) is 10.8. The maximum absolute atomic E-state index is 11.5. The predicted molar refractivity (Wildman–Crippen MR) is 65.0 cm³/mol. The first kappa shape index (κ1) is 11.3. The number of Topliss-reactive ketones (excluding diaryl/α,β-unsaturated/α-hetero) is 1. The van der Waals surface area contributed by atoms with Crippen LogP contribution in [-0.4, -0.2) is 29.8 Å². The van der Waals surface area contributed by atoms with Crippen LogP contribution in [0.2, 0.25) is 0 Å². The van der Waals surface area contributed by atoms with Crippen LogP contribution in [0.3, 0.4) is 0 Å². The zero-order chi connectivity index (χ0) is 11.1. The van der Waals surface area contributed by atoms with Gasteiger partial charge in [-0.15, -0.1) is 0 Å². The van der Waals surface area contributed by atoms with Crippen LogP contribution >= 0.6 is 15.9 Å². The molecule has 0 spiro atoms. The maximum atomic E-state index is 11.5. The molecule has 15 heavy (non-hydrogen) atoms. The largest absolute Gasteiger partial charge is 0.300 e. The summed E-state index contributed by atoms with van der Waals surface area (Å²) >= 11 is 3.43. The average molecular weight is 272 g/mol. The SMILES string of the molecule is C=C(Br)CN1CC[C@@]2(C)CC(=O)CC[C@@H]12. The molecular formula is C12H18BrNO. The standard InChI is InChI=1S/C12H18BrNO/c1-9(13)8-14-6-5-12(2)7-10(15)3-4-11(12)14/h11H,1,3-8H2,2H3/t11-,12+/m1/s1. The lowest BCUT2D eigenvalue weighted by Crippen LogP contribution is -2.43. The van der Waals surface area contributed by atoms with E-state index < -0.39 is 0 Å². The van der Waals surface area contributed by atoms with E-state index in [1.54, 1.807) is 0 Å². The van der Waals surface area contributed by atoms with E-state index >= 15 is 0 Å². The van der Waals surface area contributed by atoms with Crippen LogP contribution in [0, 0.1) is 5.41 Å². The molecule has 0 N–H and O–H groups in total. The Bertz CT molecular complexity index is 302. The number of ketones is 1. The van der Waals surface area contributed by atoms with Crippen LogP contribution in [0.5, 0.6) is 0 Å². The van der Waals surface area contributed by atoms with Crippen LogP contribution in [-0.2, 0) is 4.79 Å². The number of hydrogen-bond acceptors (Lipinski definition) is 2. The molecule has 2 aliphatic rings. The summed E-state index contributed by atoms with van der Waals surface area (Å²) in [7, 11) is 0. The Balaban J connectivity index is 2.09. The molecule has 2 fully saturated rings. The minimum atomic E-state index is 0.234. The number of carbonyl (C=O) groups excluding carboxylic acids is 1. The van der Waals surface area contributed by atoms with Gasteiger partial charge >= 0.3 is 0 Å². The highest BCUT2D eigenvalue weighted by molar-refractivity contribution is 9.11. The molecule has 2 nitrogen and oxygen atoms in total. The molecule has 3 heteroatoms. The van der Waals surface area contributed by atoms with E-state index in [0.29, 0.717) is 11.8 Å². The first-order valence-electron chi connectivity index (χ1n) is 5.60.